The summed E-state index contributed by atoms with van der Waals surface area (Å²) in [4.78, 5) is 16.5. The maximum Gasteiger partial charge on any atom is -0.0159 e. The Kier molecular flexibility index (Phi) is 18.8. The molecule has 0 aliphatic heterocycles. The Morgan fingerprint density at radius 2 is 1.00 bits per heavy atom. The van der Waals surface area contributed by atoms with E-state index in [9.17, 15) is 0 Å². The van der Waals surface area contributed by atoms with Gasteiger partial charge >= 0.3 is 0 Å². The van der Waals surface area contributed by atoms with Crippen LogP contribution in [-0.4, -0.2) is 12.2 Å². The highest BCUT2D eigenvalue weighted by Crippen LogP contribution is 2.14. The summed E-state index contributed by atoms with van der Waals surface area (Å²) < 4.78 is 0. The number of hydrogen-bond acceptors (Lipinski definition) is 2. The van der Waals surface area contributed by atoms with Gasteiger partial charge < -0.3 is 10.8 Å². The summed E-state index contributed by atoms with van der Waals surface area (Å²) in [6.07, 6.45) is 5.50. The van der Waals surface area contributed by atoms with Crippen LogP contribution in [0.15, 0.2) is 0 Å². The van der Waals surface area contributed by atoms with Crippen molar-refractivity contribution in [2.75, 3.05) is 0 Å². The van der Waals surface area contributed by atoms with E-state index in [0.717, 1.165) is 0 Å². The van der Waals surface area contributed by atoms with Gasteiger partial charge in [-0.15, -0.1) is 0 Å². The maximum absolute atomic E-state index is 8.24. The zero-order valence-corrected chi connectivity index (χ0v) is 4.83. The second-order valence-corrected chi connectivity index (χ2v) is 1.24. The van der Waals surface area contributed by atoms with E-state index < -0.39 is 0 Å². The number of nitrogens with zero attached hydrogens (tertiary/aromatic N) is 2. The predicted octanol–water partition coefficient (Wildman–Crippen LogP) is 0.954. The molecule has 1 fully saturated rings. The molecule has 0 heterocycles. The van der Waals surface area contributed by atoms with E-state index in [4.69, 9.17) is 20.4 Å². The van der Waals surface area contributed by atoms with Crippen molar-refractivity contribution < 1.29 is 9.59 Å². The Balaban J connectivity index is 0. The molecule has 0 aromatic rings. The highest BCUT2D eigenvalue weighted by atomic mass is 16.1. The lowest BCUT2D eigenvalue weighted by Crippen LogP contribution is -1.13. The Morgan fingerprint density at radius 1 is 0.889 bits per heavy atom. The van der Waals surface area contributed by atoms with Crippen LogP contribution in [0.3, 0.4) is 0 Å². The van der Waals surface area contributed by atoms with Crippen LogP contribution in [0.5, 0.6) is 0 Å². The van der Waals surface area contributed by atoms with Gasteiger partial charge in [-0.1, -0.05) is 19.3 Å². The van der Waals surface area contributed by atoms with E-state index in [1.165, 1.54) is 19.3 Å². The van der Waals surface area contributed by atoms with E-state index in [0.29, 0.717) is 12.2 Å². The fourth-order valence-electron chi connectivity index (χ4n) is 0. The SMILES string of the molecule is C1CC1.[N-]=C=O.[N-]=C=O. The Labute approximate surface area is 52.9 Å². The first kappa shape index (κ1) is 10.7. The number of carbonyl (C=O) groups excluding carboxylic acids is 2. The lowest BCUT2D eigenvalue weighted by Gasteiger charge is -1.32. The number of isocyanates is 2. The van der Waals surface area contributed by atoms with Crippen LogP contribution in [0.4, 0.5) is 0 Å². The van der Waals surface area contributed by atoms with Crippen LogP contribution in [0.2, 0.25) is 0 Å². The minimum Gasteiger partial charge on any atom is -0.724 e. The van der Waals surface area contributed by atoms with Crippen molar-refractivity contribution in [3.63, 3.8) is 0 Å². The third-order valence-electron chi connectivity index (χ3n) is 0.354. The van der Waals surface area contributed by atoms with Gasteiger partial charge in [-0.25, -0.2) is 0 Å². The Morgan fingerprint density at radius 3 is 1.00 bits per heavy atom. The molecule has 0 atom stereocenters. The molecule has 4 nitrogen and oxygen atoms in total. The molecule has 9 heavy (non-hydrogen) atoms. The largest absolute Gasteiger partial charge is 0.724 e. The minimum absolute atomic E-state index is 0.500. The quantitative estimate of drug-likeness (QED) is 0.357. The summed E-state index contributed by atoms with van der Waals surface area (Å²) in [6, 6.07) is 0. The van der Waals surface area contributed by atoms with Crippen molar-refractivity contribution in [1.29, 1.82) is 0 Å². The molecule has 0 unspecified atom stereocenters. The van der Waals surface area contributed by atoms with Crippen LogP contribution >= 0.6 is 0 Å². The molecule has 0 saturated heterocycles. The Bertz CT molecular complexity index is 93.4. The summed E-state index contributed by atoms with van der Waals surface area (Å²) in [6.45, 7) is 0. The van der Waals surface area contributed by atoms with Gasteiger partial charge in [0.2, 0.25) is 0 Å². The van der Waals surface area contributed by atoms with Crippen molar-refractivity contribution in [2.45, 2.75) is 19.3 Å². The van der Waals surface area contributed by atoms with E-state index in [1.54, 1.807) is 0 Å². The second kappa shape index (κ2) is 15.9. The molecule has 1 aliphatic rings. The first-order valence-corrected chi connectivity index (χ1v) is 2.36. The second-order valence-electron chi connectivity index (χ2n) is 1.24. The standard InChI is InChI=1S/C3H6.2CNO/c1-2-3-1;2*2-1-3/h1-3H2;;/q;2*-1. The van der Waals surface area contributed by atoms with E-state index >= 15 is 0 Å². The molecule has 0 N–H and O–H groups in total. The van der Waals surface area contributed by atoms with Gasteiger partial charge in [-0.05, 0) is 12.2 Å². The van der Waals surface area contributed by atoms with E-state index in [1.807, 2.05) is 0 Å². The topological polar surface area (TPSA) is 78.7 Å². The van der Waals surface area contributed by atoms with Crippen molar-refractivity contribution in [3.8, 4) is 0 Å². The molecule has 1 rings (SSSR count). The summed E-state index contributed by atoms with van der Waals surface area (Å²) >= 11 is 0. The minimum atomic E-state index is 0.500. The molecular formula is C5H6N2O2-2. The van der Waals surface area contributed by atoms with Crippen molar-refractivity contribution in [3.05, 3.63) is 10.8 Å². The fourth-order valence-corrected chi connectivity index (χ4v) is 0. The summed E-state index contributed by atoms with van der Waals surface area (Å²) in [5.41, 5.74) is 0. The zero-order valence-electron chi connectivity index (χ0n) is 4.83. The van der Waals surface area contributed by atoms with Gasteiger partial charge in [0, 0.05) is 0 Å². The Hall–Kier alpha value is -1.24. The highest BCUT2D eigenvalue weighted by Gasteiger charge is 1.95. The molecule has 1 aliphatic carbocycles. The van der Waals surface area contributed by atoms with Gasteiger partial charge in [-0.2, -0.15) is 0 Å². The summed E-state index contributed by atoms with van der Waals surface area (Å²) in [7, 11) is 0. The highest BCUT2D eigenvalue weighted by molar-refractivity contribution is 5.37. The van der Waals surface area contributed by atoms with Crippen LogP contribution in [0, 0.1) is 0 Å². The lowest BCUT2D eigenvalue weighted by molar-refractivity contribution is 0.568. The van der Waals surface area contributed by atoms with Crippen LogP contribution < -0.4 is 0 Å². The smallest absolute Gasteiger partial charge is 0.0159 e. The molecule has 0 aromatic heterocycles. The predicted molar refractivity (Wildman–Crippen MR) is 32.0 cm³/mol. The average molecular weight is 126 g/mol. The molecule has 4 heteroatoms. The van der Waals surface area contributed by atoms with Gasteiger partial charge in [0.05, 0.1) is 0 Å². The summed E-state index contributed by atoms with van der Waals surface area (Å²) in [5, 5.41) is 13.5. The molecule has 0 bridgehead atoms. The molecule has 0 aromatic carbocycles. The van der Waals surface area contributed by atoms with Gasteiger partial charge in [-0.3, -0.25) is 9.59 Å². The van der Waals surface area contributed by atoms with E-state index in [2.05, 4.69) is 0 Å². The first-order valence-electron chi connectivity index (χ1n) is 2.36. The van der Waals surface area contributed by atoms with Gasteiger partial charge in [0.15, 0.2) is 0 Å². The van der Waals surface area contributed by atoms with Crippen molar-refractivity contribution >= 4 is 12.2 Å². The number of hydrogen-bond donors (Lipinski definition) is 0. The molecule has 1 saturated carbocycles. The third kappa shape index (κ3) is 2660. The van der Waals surface area contributed by atoms with Crippen molar-refractivity contribution in [1.82, 2.24) is 0 Å². The fraction of sp³-hybridized carbons (Fsp3) is 0.600. The average Bonchev–Trinajstić information content (AvgIpc) is 2.48. The molecular weight excluding hydrogens is 120 g/mol. The van der Waals surface area contributed by atoms with Crippen LogP contribution in [0.25, 0.3) is 10.8 Å². The first-order chi connectivity index (χ1) is 4.33. The maximum atomic E-state index is 8.24. The zero-order chi connectivity index (χ0) is 7.54. The summed E-state index contributed by atoms with van der Waals surface area (Å²) in [5.74, 6) is 0. The normalized spacial score (nSPS) is 9.78. The van der Waals surface area contributed by atoms with Crippen molar-refractivity contribution in [2.24, 2.45) is 0 Å². The monoisotopic (exact) mass is 126 g/mol. The van der Waals surface area contributed by atoms with Crippen LogP contribution in [0.1, 0.15) is 19.3 Å². The molecule has 0 spiro atoms. The molecule has 0 amide bonds. The lowest BCUT2D eigenvalue weighted by atomic mass is 11.0. The molecule has 50 valence electrons. The third-order valence-corrected chi connectivity index (χ3v) is 0.354. The molecule has 0 radical (unpaired) electrons. The van der Waals surface area contributed by atoms with E-state index in [-0.39, 0.29) is 0 Å². The van der Waals surface area contributed by atoms with Gasteiger partial charge in [0.1, 0.15) is 0 Å². The number of rotatable bonds is 0. The van der Waals surface area contributed by atoms with Crippen LogP contribution in [-0.2, 0) is 9.59 Å². The van der Waals surface area contributed by atoms with Gasteiger partial charge in [0.25, 0.3) is 0 Å².